The molecule has 1 unspecified atom stereocenters. The van der Waals surface area contributed by atoms with Gasteiger partial charge in [-0.05, 0) is 67.0 Å². The molecule has 130 valence electrons. The number of nitrogens with two attached hydrogens (primary N) is 1. The third kappa shape index (κ3) is 7.27. The van der Waals surface area contributed by atoms with E-state index >= 15 is 0 Å². The Morgan fingerprint density at radius 1 is 1.29 bits per heavy atom. The van der Waals surface area contributed by atoms with Crippen molar-refractivity contribution < 1.29 is 9.53 Å². The van der Waals surface area contributed by atoms with Crippen LogP contribution in [0.25, 0.3) is 0 Å². The first-order valence-electron chi connectivity index (χ1n) is 8.36. The van der Waals surface area contributed by atoms with Gasteiger partial charge in [-0.15, -0.1) is 0 Å². The van der Waals surface area contributed by atoms with Crippen LogP contribution in [0, 0.1) is 0 Å². The molecule has 1 atom stereocenters. The van der Waals surface area contributed by atoms with Gasteiger partial charge in [-0.1, -0.05) is 19.1 Å². The largest absolute Gasteiger partial charge is 0.497 e. The van der Waals surface area contributed by atoms with E-state index in [9.17, 15) is 4.79 Å². The highest BCUT2D eigenvalue weighted by molar-refractivity contribution is 5.70. The lowest BCUT2D eigenvalue weighted by Crippen LogP contribution is -2.08. The molecule has 0 aliphatic heterocycles. The van der Waals surface area contributed by atoms with E-state index in [2.05, 4.69) is 35.8 Å². The van der Waals surface area contributed by atoms with Crippen molar-refractivity contribution in [1.29, 1.82) is 0 Å². The van der Waals surface area contributed by atoms with Gasteiger partial charge in [-0.25, -0.2) is 0 Å². The van der Waals surface area contributed by atoms with Gasteiger partial charge in [-0.2, -0.15) is 0 Å². The maximum atomic E-state index is 9.22. The summed E-state index contributed by atoms with van der Waals surface area (Å²) in [6.45, 7) is 3.59. The van der Waals surface area contributed by atoms with Crippen LogP contribution < -0.4 is 10.5 Å². The Balaban J connectivity index is 0.000000238. The van der Waals surface area contributed by atoms with E-state index < -0.39 is 0 Å². The number of ether oxygens (including phenoxy) is 1. The van der Waals surface area contributed by atoms with Crippen LogP contribution in [0.2, 0.25) is 0 Å². The molecule has 0 saturated heterocycles. The summed E-state index contributed by atoms with van der Waals surface area (Å²) in [5.74, 6) is 1.45. The number of nitrogens with zero attached hydrogens (tertiary/aromatic N) is 1. The highest BCUT2D eigenvalue weighted by Gasteiger charge is 2.18. The van der Waals surface area contributed by atoms with E-state index in [4.69, 9.17) is 4.74 Å². The predicted molar refractivity (Wildman–Crippen MR) is 98.1 cm³/mol. The second-order valence-corrected chi connectivity index (χ2v) is 5.70. The SMILES string of the molecule is CC(N)=O.CCC1CCCc2cc(OC)ccc21.c1ccncc1. The molecular formula is C20H28N2O2. The Hall–Kier alpha value is -2.36. The zero-order valence-corrected chi connectivity index (χ0v) is 14.9. The fraction of sp³-hybridized carbons (Fsp3) is 0.400. The van der Waals surface area contributed by atoms with Crippen molar-refractivity contribution in [3.63, 3.8) is 0 Å². The Kier molecular flexibility index (Phi) is 9.20. The second-order valence-electron chi connectivity index (χ2n) is 5.70. The zero-order valence-electron chi connectivity index (χ0n) is 14.9. The number of carbonyl (C=O) groups excluding carboxylic acids is 1. The third-order valence-corrected chi connectivity index (χ3v) is 3.85. The van der Waals surface area contributed by atoms with E-state index in [0.717, 1.165) is 11.7 Å². The van der Waals surface area contributed by atoms with Gasteiger partial charge in [0.1, 0.15) is 5.75 Å². The van der Waals surface area contributed by atoms with Crippen LogP contribution in [0.3, 0.4) is 0 Å². The molecule has 1 aromatic carbocycles. The van der Waals surface area contributed by atoms with E-state index in [0.29, 0.717) is 0 Å². The molecule has 0 radical (unpaired) electrons. The minimum atomic E-state index is -0.333. The zero-order chi connectivity index (χ0) is 17.8. The number of aromatic nitrogens is 1. The number of methoxy groups -OCH3 is 1. The topological polar surface area (TPSA) is 65.2 Å². The number of carbonyl (C=O) groups is 1. The van der Waals surface area contributed by atoms with Gasteiger partial charge < -0.3 is 10.5 Å². The summed E-state index contributed by atoms with van der Waals surface area (Å²) in [6.07, 6.45) is 8.68. The molecule has 1 aromatic heterocycles. The molecule has 2 aromatic rings. The first-order valence-corrected chi connectivity index (χ1v) is 8.36. The summed E-state index contributed by atoms with van der Waals surface area (Å²) in [7, 11) is 1.74. The lowest BCUT2D eigenvalue weighted by Gasteiger charge is -2.24. The van der Waals surface area contributed by atoms with E-state index in [-0.39, 0.29) is 5.91 Å². The number of aryl methyl sites for hydroxylation is 1. The van der Waals surface area contributed by atoms with E-state index in [1.54, 1.807) is 25.1 Å². The van der Waals surface area contributed by atoms with E-state index in [1.165, 1.54) is 38.2 Å². The predicted octanol–water partition coefficient (Wildman–Crippen LogP) is 4.10. The highest BCUT2D eigenvalue weighted by Crippen LogP contribution is 2.35. The Morgan fingerprint density at radius 2 is 1.96 bits per heavy atom. The molecule has 1 amide bonds. The van der Waals surface area contributed by atoms with Gasteiger partial charge in [0, 0.05) is 19.3 Å². The van der Waals surface area contributed by atoms with Gasteiger partial charge in [0.2, 0.25) is 5.91 Å². The minimum Gasteiger partial charge on any atom is -0.497 e. The Bertz CT molecular complexity index is 569. The maximum Gasteiger partial charge on any atom is 0.214 e. The van der Waals surface area contributed by atoms with Crippen LogP contribution in [-0.2, 0) is 11.2 Å². The average molecular weight is 328 g/mol. The number of benzene rings is 1. The van der Waals surface area contributed by atoms with Gasteiger partial charge in [-0.3, -0.25) is 9.78 Å². The van der Waals surface area contributed by atoms with Crippen molar-refractivity contribution in [1.82, 2.24) is 4.98 Å². The summed E-state index contributed by atoms with van der Waals surface area (Å²) >= 11 is 0. The summed E-state index contributed by atoms with van der Waals surface area (Å²) in [4.78, 5) is 13.0. The quantitative estimate of drug-likeness (QED) is 0.902. The maximum absolute atomic E-state index is 9.22. The van der Waals surface area contributed by atoms with Crippen LogP contribution >= 0.6 is 0 Å². The fourth-order valence-electron chi connectivity index (χ4n) is 2.75. The number of hydrogen-bond donors (Lipinski definition) is 1. The standard InChI is InChI=1S/C13H18O.C5H5N.C2H5NO/c1-3-10-5-4-6-11-9-12(14-2)7-8-13(10)11;1-2-4-6-5-3-1;1-2(3)4/h7-10H,3-6H2,1-2H3;1-5H;1H3,(H2,3,4). The van der Waals surface area contributed by atoms with Crippen molar-refractivity contribution >= 4 is 5.91 Å². The van der Waals surface area contributed by atoms with Crippen molar-refractivity contribution in [2.45, 2.75) is 45.4 Å². The molecule has 0 spiro atoms. The van der Waals surface area contributed by atoms with E-state index in [1.807, 2.05) is 18.2 Å². The number of hydrogen-bond acceptors (Lipinski definition) is 3. The van der Waals surface area contributed by atoms with Crippen LogP contribution in [0.5, 0.6) is 5.75 Å². The molecule has 1 aliphatic carbocycles. The molecule has 0 bridgehead atoms. The number of amides is 1. The van der Waals surface area contributed by atoms with Gasteiger partial charge in [0.25, 0.3) is 0 Å². The van der Waals surface area contributed by atoms with Gasteiger partial charge >= 0.3 is 0 Å². The van der Waals surface area contributed by atoms with Crippen LogP contribution in [-0.4, -0.2) is 18.0 Å². The lowest BCUT2D eigenvalue weighted by atomic mass is 9.81. The van der Waals surface area contributed by atoms with Crippen LogP contribution in [0.4, 0.5) is 0 Å². The first kappa shape index (κ1) is 19.7. The fourth-order valence-corrected chi connectivity index (χ4v) is 2.75. The highest BCUT2D eigenvalue weighted by atomic mass is 16.5. The molecule has 0 fully saturated rings. The first-order chi connectivity index (χ1) is 11.6. The van der Waals surface area contributed by atoms with Crippen molar-refractivity contribution in [2.24, 2.45) is 5.73 Å². The molecule has 4 nitrogen and oxygen atoms in total. The third-order valence-electron chi connectivity index (χ3n) is 3.85. The molecule has 24 heavy (non-hydrogen) atoms. The van der Waals surface area contributed by atoms with Crippen molar-refractivity contribution in [3.8, 4) is 5.75 Å². The molecule has 0 saturated carbocycles. The van der Waals surface area contributed by atoms with Crippen molar-refractivity contribution in [3.05, 3.63) is 59.9 Å². The smallest absolute Gasteiger partial charge is 0.214 e. The molecular weight excluding hydrogens is 300 g/mol. The minimum absolute atomic E-state index is 0.333. The van der Waals surface area contributed by atoms with Crippen LogP contribution in [0.1, 0.15) is 50.2 Å². The molecule has 1 aliphatic rings. The van der Waals surface area contributed by atoms with Gasteiger partial charge in [0.15, 0.2) is 0 Å². The number of primary amides is 1. The Morgan fingerprint density at radius 3 is 2.42 bits per heavy atom. The summed E-state index contributed by atoms with van der Waals surface area (Å²) in [5.41, 5.74) is 7.53. The normalized spacial score (nSPS) is 14.9. The molecule has 1 heterocycles. The van der Waals surface area contributed by atoms with Crippen molar-refractivity contribution in [2.75, 3.05) is 7.11 Å². The number of fused-ring (bicyclic) bond motifs is 1. The summed E-state index contributed by atoms with van der Waals surface area (Å²) in [6, 6.07) is 12.3. The molecule has 4 heteroatoms. The second kappa shape index (κ2) is 11.2. The molecule has 3 rings (SSSR count). The Labute approximate surface area is 145 Å². The summed E-state index contributed by atoms with van der Waals surface area (Å²) in [5, 5.41) is 0. The van der Waals surface area contributed by atoms with Crippen LogP contribution in [0.15, 0.2) is 48.8 Å². The average Bonchev–Trinajstić information content (AvgIpc) is 2.62. The number of pyridine rings is 1. The van der Waals surface area contributed by atoms with Gasteiger partial charge in [0.05, 0.1) is 7.11 Å². The lowest BCUT2D eigenvalue weighted by molar-refractivity contribution is -0.115. The monoisotopic (exact) mass is 328 g/mol. The molecule has 2 N–H and O–H groups in total. The number of rotatable bonds is 2. The summed E-state index contributed by atoms with van der Waals surface area (Å²) < 4.78 is 5.25.